The molecule has 0 aromatic heterocycles. The molecule has 404 valence electrons. The van der Waals surface area contributed by atoms with Crippen LogP contribution in [0, 0.1) is 29.6 Å². The fraction of sp³-hybridized carbons (Fsp3) is 0.737. The molecule has 0 spiro atoms. The second-order valence-corrected chi connectivity index (χ2v) is 27.9. The first kappa shape index (κ1) is 59.5. The number of fused-ring (bicyclic) bond motifs is 3. The fourth-order valence-electron chi connectivity index (χ4n) is 11.2. The maximum Gasteiger partial charge on any atom is 0.329 e. The maximum absolute atomic E-state index is 15.0. The lowest BCUT2D eigenvalue weighted by molar-refractivity contribution is -0.302. The van der Waals surface area contributed by atoms with E-state index in [4.69, 9.17) is 32.8 Å². The Kier molecular flexibility index (Phi) is 21.4. The average Bonchev–Trinajstić information content (AvgIpc) is 3.35. The molecule has 1 aromatic carbocycles. The van der Waals surface area contributed by atoms with Crippen molar-refractivity contribution in [1.29, 1.82) is 0 Å². The molecule has 4 aliphatic rings. The van der Waals surface area contributed by atoms with E-state index in [1.807, 2.05) is 39.8 Å². The summed E-state index contributed by atoms with van der Waals surface area (Å²) in [7, 11) is 2.24. The number of hydrogen-bond donors (Lipinski definition) is 1. The number of methoxy groups -OCH3 is 3. The van der Waals surface area contributed by atoms with Gasteiger partial charge in [-0.3, -0.25) is 19.2 Å². The zero-order chi connectivity index (χ0) is 53.3. The van der Waals surface area contributed by atoms with Gasteiger partial charge in [-0.05, 0) is 119 Å². The van der Waals surface area contributed by atoms with Crippen LogP contribution in [0.3, 0.4) is 0 Å². The zero-order valence-corrected chi connectivity index (χ0v) is 47.0. The molecule has 1 amide bonds. The Balaban J connectivity index is 1.57. The molecule has 14 nitrogen and oxygen atoms in total. The van der Waals surface area contributed by atoms with Gasteiger partial charge in [0.15, 0.2) is 8.32 Å². The first-order chi connectivity index (χ1) is 33.9. The molecule has 1 saturated carbocycles. The van der Waals surface area contributed by atoms with E-state index < -0.39 is 80.2 Å². The van der Waals surface area contributed by atoms with Gasteiger partial charge in [0, 0.05) is 57.6 Å². The van der Waals surface area contributed by atoms with Crippen molar-refractivity contribution >= 4 is 38.0 Å². The van der Waals surface area contributed by atoms with Gasteiger partial charge < -0.3 is 42.9 Å². The number of esters is 1. The van der Waals surface area contributed by atoms with Gasteiger partial charge in [-0.15, -0.1) is 0 Å². The van der Waals surface area contributed by atoms with Crippen molar-refractivity contribution in [2.45, 2.75) is 212 Å². The molecule has 3 fully saturated rings. The second-order valence-electron chi connectivity index (χ2n) is 23.1. The highest BCUT2D eigenvalue weighted by atomic mass is 28.4. The summed E-state index contributed by atoms with van der Waals surface area (Å²) in [5, 5.41) is 12.1. The minimum absolute atomic E-state index is 0.0296. The summed E-state index contributed by atoms with van der Waals surface area (Å²) >= 11 is 0. The molecular weight excluding hydrogens is 935 g/mol. The Bertz CT molecular complexity index is 2060. The van der Waals surface area contributed by atoms with Crippen LogP contribution in [0.1, 0.15) is 149 Å². The normalized spacial score (nSPS) is 34.7. The molecule has 14 atom stereocenters. The number of cyclic esters (lactones) is 1. The van der Waals surface area contributed by atoms with Gasteiger partial charge in [0.1, 0.15) is 30.3 Å². The van der Waals surface area contributed by atoms with Crippen LogP contribution in [0.4, 0.5) is 0 Å². The first-order valence-electron chi connectivity index (χ1n) is 26.7. The lowest BCUT2D eigenvalue weighted by Crippen LogP contribution is -2.64. The van der Waals surface area contributed by atoms with Crippen LogP contribution in [0.15, 0.2) is 47.6 Å². The molecule has 3 aliphatic heterocycles. The summed E-state index contributed by atoms with van der Waals surface area (Å²) < 4.78 is 44.7. The van der Waals surface area contributed by atoms with Crippen LogP contribution >= 0.6 is 0 Å². The summed E-state index contributed by atoms with van der Waals surface area (Å²) in [6.07, 6.45) is 6.70. The number of carbonyl (C=O) groups is 5. The third-order valence-corrected chi connectivity index (χ3v) is 21.2. The van der Waals surface area contributed by atoms with E-state index in [1.165, 1.54) is 4.90 Å². The molecule has 2 bridgehead atoms. The Hall–Kier alpha value is -3.41. The number of piperidine rings is 1. The van der Waals surface area contributed by atoms with Gasteiger partial charge >= 0.3 is 5.97 Å². The number of amides is 1. The van der Waals surface area contributed by atoms with Crippen molar-refractivity contribution in [3.05, 3.63) is 58.7 Å². The van der Waals surface area contributed by atoms with Gasteiger partial charge in [-0.2, -0.15) is 0 Å². The van der Waals surface area contributed by atoms with Crippen molar-refractivity contribution in [1.82, 2.24) is 4.90 Å². The van der Waals surface area contributed by atoms with E-state index in [9.17, 15) is 29.1 Å². The summed E-state index contributed by atoms with van der Waals surface area (Å²) in [5.74, 6) is -6.95. The Morgan fingerprint density at radius 3 is 2.14 bits per heavy atom. The van der Waals surface area contributed by atoms with E-state index in [2.05, 4.69) is 52.9 Å². The summed E-state index contributed by atoms with van der Waals surface area (Å²) in [6, 6.07) is 6.21. The van der Waals surface area contributed by atoms with Crippen molar-refractivity contribution in [2.75, 3.05) is 27.9 Å². The Morgan fingerprint density at radius 2 is 1.53 bits per heavy atom. The molecule has 72 heavy (non-hydrogen) atoms. The van der Waals surface area contributed by atoms with Gasteiger partial charge in [0.2, 0.25) is 5.79 Å². The number of aliphatic hydroxyl groups is 1. The van der Waals surface area contributed by atoms with Gasteiger partial charge in [-0.1, -0.05) is 90.5 Å². The fourth-order valence-corrected chi connectivity index (χ4v) is 12.6. The van der Waals surface area contributed by atoms with Crippen molar-refractivity contribution < 1.29 is 61.9 Å². The van der Waals surface area contributed by atoms with Crippen LogP contribution in [0.25, 0.3) is 0 Å². The van der Waals surface area contributed by atoms with Crippen LogP contribution < -0.4 is 0 Å². The lowest BCUT2D eigenvalue weighted by atomic mass is 9.81. The molecule has 3 heterocycles. The van der Waals surface area contributed by atoms with Crippen LogP contribution in [0.5, 0.6) is 0 Å². The van der Waals surface area contributed by atoms with Crippen molar-refractivity contribution in [3.63, 3.8) is 0 Å². The van der Waals surface area contributed by atoms with Gasteiger partial charge in [0.05, 0.1) is 37.1 Å². The first-order valence-corrected chi connectivity index (χ1v) is 29.6. The number of ketones is 2. The highest BCUT2D eigenvalue weighted by Crippen LogP contribution is 2.42. The SMILES string of the molecule is CCC1C=C(C)CC(C)CC(OC)C2OC(O)(C(=O)C(=O)N3CCCCC3C(=O)OC(C(C)=CC3CCC(OCc4ccc(C=O)cc4)C(OC)C3)C(C)C(O[Si](C)(C)C(C)(C)C)CC1=O)C(C)CC2OC. The number of rotatable bonds is 12. The second kappa shape index (κ2) is 25.9. The van der Waals surface area contributed by atoms with Gasteiger partial charge in [0.25, 0.3) is 11.7 Å². The number of carbonyl (C=O) groups excluding carboxylic acids is 5. The minimum Gasteiger partial charge on any atom is -0.456 e. The smallest absolute Gasteiger partial charge is 0.329 e. The number of allylic oxidation sites excluding steroid dienone is 3. The van der Waals surface area contributed by atoms with E-state index in [0.717, 1.165) is 35.8 Å². The van der Waals surface area contributed by atoms with E-state index in [0.29, 0.717) is 50.7 Å². The van der Waals surface area contributed by atoms with Crippen LogP contribution in [-0.2, 0) is 58.6 Å². The number of ether oxygens (including phenoxy) is 6. The number of benzene rings is 1. The summed E-state index contributed by atoms with van der Waals surface area (Å²) in [6.45, 7) is 23.1. The Morgan fingerprint density at radius 1 is 0.875 bits per heavy atom. The number of nitrogens with zero attached hydrogens (tertiary/aromatic N) is 1. The minimum atomic E-state index is -2.56. The lowest BCUT2D eigenvalue weighted by Gasteiger charge is -2.47. The third kappa shape index (κ3) is 14.5. The predicted molar refractivity (Wildman–Crippen MR) is 279 cm³/mol. The molecule has 1 N–H and O–H groups in total. The average molecular weight is 1020 g/mol. The van der Waals surface area contributed by atoms with Crippen LogP contribution in [0.2, 0.25) is 18.1 Å². The highest BCUT2D eigenvalue weighted by molar-refractivity contribution is 6.74. The molecule has 1 aromatic rings. The quantitative estimate of drug-likeness (QED) is 0.0690. The van der Waals surface area contributed by atoms with Crippen molar-refractivity contribution in [2.24, 2.45) is 29.6 Å². The predicted octanol–water partition coefficient (Wildman–Crippen LogP) is 9.54. The monoisotopic (exact) mass is 1020 g/mol. The summed E-state index contributed by atoms with van der Waals surface area (Å²) in [4.78, 5) is 71.4. The zero-order valence-electron chi connectivity index (χ0n) is 46.0. The number of aldehydes is 1. The molecule has 14 unspecified atom stereocenters. The summed E-state index contributed by atoms with van der Waals surface area (Å²) in [5.41, 5.74) is 3.39. The van der Waals surface area contributed by atoms with E-state index in [1.54, 1.807) is 40.4 Å². The molecule has 1 aliphatic carbocycles. The van der Waals surface area contributed by atoms with Crippen LogP contribution in [-0.4, -0.2) is 130 Å². The number of Topliss-reactive ketones (excluding diaryl/α,β-unsaturated/α-hetero) is 2. The maximum atomic E-state index is 15.0. The molecule has 2 saturated heterocycles. The molecule has 0 radical (unpaired) electrons. The standard InChI is InChI=1S/C57H89NO13Si/c1-15-43-27-35(2)26-36(3)28-49(66-11)52-50(67-12)30-38(5)57(64,70-52)53(61)54(62)58-25-17-16-18-44(58)55(63)69-51(39(6)47(32-45(43)60)71-72(13,14)56(7,8)9)37(4)29-42-23-24-46(48(31-42)65-10)68-34-41-21-19-40(33-59)20-22-41/h19-22,27,29,33,36,38-39,42-44,46-52,64H,15-18,23-26,28,30-32,34H2,1-14H3. The van der Waals surface area contributed by atoms with E-state index >= 15 is 0 Å². The third-order valence-electron chi connectivity index (χ3n) is 16.7. The van der Waals surface area contributed by atoms with Crippen molar-refractivity contribution in [3.8, 4) is 0 Å². The number of hydrogen-bond acceptors (Lipinski definition) is 13. The molecule has 15 heteroatoms. The van der Waals surface area contributed by atoms with E-state index in [-0.39, 0.29) is 66.6 Å². The molecular formula is C57H89NO13Si. The van der Waals surface area contributed by atoms with Gasteiger partial charge in [-0.25, -0.2) is 4.79 Å². The molecule has 5 rings (SSSR count). The Labute approximate surface area is 431 Å². The highest BCUT2D eigenvalue weighted by Gasteiger charge is 2.57. The largest absolute Gasteiger partial charge is 0.456 e. The topological polar surface area (TPSA) is 173 Å².